The maximum absolute atomic E-state index is 12.0. The van der Waals surface area contributed by atoms with Crippen molar-refractivity contribution in [3.05, 3.63) is 53.0 Å². The van der Waals surface area contributed by atoms with Gasteiger partial charge in [-0.2, -0.15) is 0 Å². The highest BCUT2D eigenvalue weighted by atomic mass is 79.9. The topological polar surface area (TPSA) is 76.1 Å². The molecule has 0 saturated heterocycles. The molecule has 0 bridgehead atoms. The molecule has 0 unspecified atom stereocenters. The Kier molecular flexibility index (Phi) is 6.48. The predicted molar refractivity (Wildman–Crippen MR) is 110 cm³/mol. The van der Waals surface area contributed by atoms with Crippen molar-refractivity contribution in [2.75, 3.05) is 23.5 Å². The molecule has 0 fully saturated rings. The number of rotatable bonds is 7. The van der Waals surface area contributed by atoms with Crippen molar-refractivity contribution < 1.29 is 9.53 Å². The maximum Gasteiger partial charge on any atom is 0.234 e. The number of hydrogen-bond acceptors (Lipinski definition) is 7. The number of methoxy groups -OCH3 is 1. The Bertz CT molecular complexity index is 869. The lowest BCUT2D eigenvalue weighted by molar-refractivity contribution is -0.113. The molecule has 134 valence electrons. The Hall–Kier alpha value is -2.10. The summed E-state index contributed by atoms with van der Waals surface area (Å²) in [6.07, 6.45) is 0. The Morgan fingerprint density at radius 2 is 1.81 bits per heavy atom. The van der Waals surface area contributed by atoms with E-state index in [1.54, 1.807) is 7.11 Å². The zero-order valence-electron chi connectivity index (χ0n) is 13.7. The number of thioether (sulfide) groups is 1. The van der Waals surface area contributed by atoms with E-state index in [9.17, 15) is 4.79 Å². The number of nitrogens with zero attached hydrogens (tertiary/aromatic N) is 2. The molecule has 0 radical (unpaired) electrons. The fourth-order valence-corrected chi connectivity index (χ4v) is 3.81. The normalized spacial score (nSPS) is 10.4. The van der Waals surface area contributed by atoms with Crippen molar-refractivity contribution in [1.82, 2.24) is 10.2 Å². The smallest absolute Gasteiger partial charge is 0.234 e. The van der Waals surface area contributed by atoms with Crippen LogP contribution in [0.25, 0.3) is 0 Å². The third-order valence-corrected chi connectivity index (χ3v) is 5.70. The molecular weight excluding hydrogens is 436 g/mol. The minimum absolute atomic E-state index is 0.0859. The van der Waals surface area contributed by atoms with Crippen LogP contribution >= 0.6 is 39.0 Å². The van der Waals surface area contributed by atoms with E-state index in [-0.39, 0.29) is 11.7 Å². The number of nitrogens with one attached hydrogen (secondary N) is 2. The van der Waals surface area contributed by atoms with Gasteiger partial charge in [0, 0.05) is 15.8 Å². The zero-order chi connectivity index (χ0) is 18.4. The molecule has 26 heavy (non-hydrogen) atoms. The van der Waals surface area contributed by atoms with Crippen LogP contribution in [0.2, 0.25) is 0 Å². The van der Waals surface area contributed by atoms with Gasteiger partial charge in [-0.25, -0.2) is 0 Å². The molecule has 0 atom stereocenters. The van der Waals surface area contributed by atoms with Crippen LogP contribution in [0.5, 0.6) is 5.75 Å². The molecule has 0 aliphatic carbocycles. The number of carbonyl (C=O) groups excluding carboxylic acids is 1. The third kappa shape index (κ3) is 5.45. The fourth-order valence-electron chi connectivity index (χ4n) is 1.97. The van der Waals surface area contributed by atoms with E-state index in [0.717, 1.165) is 25.9 Å². The minimum Gasteiger partial charge on any atom is -0.497 e. The molecular formula is C17H15BrN4O2S2. The highest BCUT2D eigenvalue weighted by Crippen LogP contribution is 2.28. The Morgan fingerprint density at radius 3 is 2.50 bits per heavy atom. The van der Waals surface area contributed by atoms with Crippen molar-refractivity contribution in [3.63, 3.8) is 0 Å². The Morgan fingerprint density at radius 1 is 1.12 bits per heavy atom. The van der Waals surface area contributed by atoms with E-state index in [1.807, 2.05) is 48.5 Å². The van der Waals surface area contributed by atoms with E-state index >= 15 is 0 Å². The average Bonchev–Trinajstić information content (AvgIpc) is 3.10. The molecule has 1 amide bonds. The Labute approximate surface area is 167 Å². The van der Waals surface area contributed by atoms with E-state index < -0.39 is 0 Å². The van der Waals surface area contributed by atoms with Gasteiger partial charge in [0.1, 0.15) is 5.75 Å². The second-order valence-electron chi connectivity index (χ2n) is 5.07. The number of hydrogen-bond donors (Lipinski definition) is 2. The summed E-state index contributed by atoms with van der Waals surface area (Å²) in [6.45, 7) is 0. The van der Waals surface area contributed by atoms with Gasteiger partial charge in [0.05, 0.1) is 12.9 Å². The van der Waals surface area contributed by atoms with Gasteiger partial charge in [-0.15, -0.1) is 10.2 Å². The molecule has 2 aromatic carbocycles. The van der Waals surface area contributed by atoms with Gasteiger partial charge < -0.3 is 15.4 Å². The molecule has 3 rings (SSSR count). The summed E-state index contributed by atoms with van der Waals surface area (Å²) in [5.41, 5.74) is 1.66. The molecule has 0 aliphatic rings. The van der Waals surface area contributed by atoms with Gasteiger partial charge in [-0.1, -0.05) is 39.0 Å². The monoisotopic (exact) mass is 450 g/mol. The van der Waals surface area contributed by atoms with E-state index in [4.69, 9.17) is 4.74 Å². The zero-order valence-corrected chi connectivity index (χ0v) is 17.0. The summed E-state index contributed by atoms with van der Waals surface area (Å²) in [5.74, 6) is 0.978. The quantitative estimate of drug-likeness (QED) is 0.504. The molecule has 0 saturated carbocycles. The van der Waals surface area contributed by atoms with Crippen molar-refractivity contribution >= 4 is 61.4 Å². The summed E-state index contributed by atoms with van der Waals surface area (Å²) in [6, 6.07) is 15.0. The highest BCUT2D eigenvalue weighted by Gasteiger charge is 2.09. The lowest BCUT2D eigenvalue weighted by Gasteiger charge is -2.04. The molecule has 2 N–H and O–H groups in total. The molecule has 6 nitrogen and oxygen atoms in total. The number of amides is 1. The van der Waals surface area contributed by atoms with Crippen LogP contribution < -0.4 is 15.4 Å². The number of ether oxygens (including phenoxy) is 1. The summed E-state index contributed by atoms with van der Waals surface area (Å²) < 4.78 is 6.83. The van der Waals surface area contributed by atoms with Crippen LogP contribution in [0, 0.1) is 0 Å². The Balaban J connectivity index is 1.49. The number of anilines is 3. The minimum atomic E-state index is -0.0859. The highest BCUT2D eigenvalue weighted by molar-refractivity contribution is 9.10. The van der Waals surface area contributed by atoms with E-state index in [2.05, 4.69) is 36.8 Å². The number of carbonyl (C=O) groups is 1. The summed E-state index contributed by atoms with van der Waals surface area (Å²) >= 11 is 6.12. The van der Waals surface area contributed by atoms with Gasteiger partial charge in [0.25, 0.3) is 0 Å². The number of aromatic nitrogens is 2. The van der Waals surface area contributed by atoms with Crippen molar-refractivity contribution in [2.24, 2.45) is 0 Å². The second-order valence-corrected chi connectivity index (χ2v) is 8.19. The molecule has 3 aromatic rings. The van der Waals surface area contributed by atoms with Crippen LogP contribution in [0.1, 0.15) is 0 Å². The summed E-state index contributed by atoms with van der Waals surface area (Å²) in [5, 5.41) is 14.9. The second kappa shape index (κ2) is 9.02. The first-order valence-electron chi connectivity index (χ1n) is 7.55. The standard InChI is InChI=1S/C17H15BrN4O2S2/c1-24-14-8-6-13(7-9-14)20-16-21-22-17(26-16)25-10-15(23)19-12-4-2-11(18)3-5-12/h2-9H,10H2,1H3,(H,19,23)(H,20,21). The molecule has 1 aromatic heterocycles. The van der Waals surface area contributed by atoms with Gasteiger partial charge in [-0.05, 0) is 48.5 Å². The van der Waals surface area contributed by atoms with E-state index in [0.29, 0.717) is 5.13 Å². The first-order chi connectivity index (χ1) is 12.6. The number of benzene rings is 2. The SMILES string of the molecule is COc1ccc(Nc2nnc(SCC(=O)Nc3ccc(Br)cc3)s2)cc1. The van der Waals surface area contributed by atoms with Crippen LogP contribution in [-0.2, 0) is 4.79 Å². The number of halogens is 1. The van der Waals surface area contributed by atoms with Crippen LogP contribution in [0.3, 0.4) is 0 Å². The molecule has 0 aliphatic heterocycles. The summed E-state index contributed by atoms with van der Waals surface area (Å²) in [4.78, 5) is 12.0. The predicted octanol–water partition coefficient (Wildman–Crippen LogP) is 4.78. The molecule has 9 heteroatoms. The first kappa shape index (κ1) is 18.7. The summed E-state index contributed by atoms with van der Waals surface area (Å²) in [7, 11) is 1.63. The van der Waals surface area contributed by atoms with Crippen LogP contribution in [0.4, 0.5) is 16.5 Å². The van der Waals surface area contributed by atoms with Gasteiger partial charge >= 0.3 is 0 Å². The third-order valence-electron chi connectivity index (χ3n) is 3.20. The largest absolute Gasteiger partial charge is 0.497 e. The first-order valence-corrected chi connectivity index (χ1v) is 10.1. The van der Waals surface area contributed by atoms with Crippen molar-refractivity contribution in [1.29, 1.82) is 0 Å². The lowest BCUT2D eigenvalue weighted by Crippen LogP contribution is -2.13. The molecule has 0 spiro atoms. The van der Waals surface area contributed by atoms with E-state index in [1.165, 1.54) is 23.1 Å². The lowest BCUT2D eigenvalue weighted by atomic mass is 10.3. The van der Waals surface area contributed by atoms with Crippen molar-refractivity contribution in [3.8, 4) is 5.75 Å². The van der Waals surface area contributed by atoms with Gasteiger partial charge in [-0.3, -0.25) is 4.79 Å². The van der Waals surface area contributed by atoms with Crippen LogP contribution in [-0.4, -0.2) is 29.0 Å². The van der Waals surface area contributed by atoms with Crippen LogP contribution in [0.15, 0.2) is 57.3 Å². The van der Waals surface area contributed by atoms with Gasteiger partial charge in [0.15, 0.2) is 4.34 Å². The fraction of sp³-hybridized carbons (Fsp3) is 0.118. The average molecular weight is 451 g/mol. The maximum atomic E-state index is 12.0. The van der Waals surface area contributed by atoms with Gasteiger partial charge in [0.2, 0.25) is 11.0 Å². The van der Waals surface area contributed by atoms with Crippen molar-refractivity contribution in [2.45, 2.75) is 4.34 Å². The molecule has 1 heterocycles.